The number of piperazine rings is 1. The van der Waals surface area contributed by atoms with Crippen molar-refractivity contribution in [3.63, 3.8) is 0 Å². The van der Waals surface area contributed by atoms with Gasteiger partial charge in [-0.1, -0.05) is 29.3 Å². The molecule has 2 aromatic carbocycles. The summed E-state index contributed by atoms with van der Waals surface area (Å²) in [5, 5.41) is 2.83. The van der Waals surface area contributed by atoms with Crippen LogP contribution in [0.4, 0.5) is 14.5 Å². The Kier molecular flexibility index (Phi) is 6.65. The first kappa shape index (κ1) is 20.0. The zero-order valence-corrected chi connectivity index (χ0v) is 16.0. The van der Waals surface area contributed by atoms with Crippen LogP contribution in [-0.2, 0) is 11.3 Å². The minimum atomic E-state index is -0.520. The first-order valence-corrected chi connectivity index (χ1v) is 9.30. The third-order valence-corrected chi connectivity index (χ3v) is 5.00. The van der Waals surface area contributed by atoms with Crippen LogP contribution in [0.5, 0.6) is 0 Å². The first-order valence-electron chi connectivity index (χ1n) is 8.54. The van der Waals surface area contributed by atoms with Gasteiger partial charge in [-0.3, -0.25) is 14.6 Å². The molecule has 1 fully saturated rings. The standard InChI is InChI=1S/C19H19Cl2F2N3O/c20-15-9-13(1-3-17(15)22)11-25-5-7-26(8-6-25)12-19(27)24-14-2-4-18(23)16(21)10-14/h1-4,9-10H,5-8,11-12H2,(H,24,27). The Morgan fingerprint density at radius 3 is 2.15 bits per heavy atom. The van der Waals surface area contributed by atoms with Gasteiger partial charge in [0, 0.05) is 38.4 Å². The van der Waals surface area contributed by atoms with Crippen LogP contribution in [-0.4, -0.2) is 48.4 Å². The van der Waals surface area contributed by atoms with E-state index in [9.17, 15) is 13.6 Å². The third-order valence-electron chi connectivity index (χ3n) is 4.43. The van der Waals surface area contributed by atoms with Gasteiger partial charge in [0.2, 0.25) is 5.91 Å². The number of anilines is 1. The smallest absolute Gasteiger partial charge is 0.238 e. The molecule has 27 heavy (non-hydrogen) atoms. The van der Waals surface area contributed by atoms with E-state index in [0.29, 0.717) is 12.2 Å². The number of carbonyl (C=O) groups is 1. The summed E-state index contributed by atoms with van der Waals surface area (Å²) in [5.41, 5.74) is 1.43. The number of hydrogen-bond acceptors (Lipinski definition) is 3. The average Bonchev–Trinajstić information content (AvgIpc) is 2.63. The highest BCUT2D eigenvalue weighted by atomic mass is 35.5. The minimum absolute atomic E-state index is 0.0256. The molecule has 8 heteroatoms. The maximum absolute atomic E-state index is 13.2. The van der Waals surface area contributed by atoms with Gasteiger partial charge in [-0.05, 0) is 35.9 Å². The average molecular weight is 414 g/mol. The molecule has 1 aliphatic rings. The molecule has 0 aliphatic carbocycles. The molecule has 1 saturated heterocycles. The Balaban J connectivity index is 1.45. The highest BCUT2D eigenvalue weighted by Crippen LogP contribution is 2.20. The summed E-state index contributed by atoms with van der Waals surface area (Å²) in [7, 11) is 0. The molecule has 0 saturated carbocycles. The molecular weight excluding hydrogens is 395 g/mol. The summed E-state index contributed by atoms with van der Waals surface area (Å²) < 4.78 is 26.4. The number of amides is 1. The van der Waals surface area contributed by atoms with Crippen LogP contribution in [0, 0.1) is 11.6 Å². The van der Waals surface area contributed by atoms with Crippen LogP contribution < -0.4 is 5.32 Å². The zero-order valence-electron chi connectivity index (χ0n) is 14.5. The Morgan fingerprint density at radius 2 is 1.52 bits per heavy atom. The first-order chi connectivity index (χ1) is 12.9. The predicted octanol–water partition coefficient (Wildman–Crippen LogP) is 4.03. The van der Waals surface area contributed by atoms with Gasteiger partial charge >= 0.3 is 0 Å². The fourth-order valence-corrected chi connectivity index (χ4v) is 3.36. The topological polar surface area (TPSA) is 35.6 Å². The molecule has 1 amide bonds. The number of carbonyl (C=O) groups excluding carboxylic acids is 1. The van der Waals surface area contributed by atoms with E-state index in [2.05, 4.69) is 15.1 Å². The molecule has 3 rings (SSSR count). The Hall–Kier alpha value is -1.73. The van der Waals surface area contributed by atoms with Gasteiger partial charge in [0.1, 0.15) is 11.6 Å². The lowest BCUT2D eigenvalue weighted by atomic mass is 10.2. The van der Waals surface area contributed by atoms with Crippen LogP contribution >= 0.6 is 23.2 Å². The lowest BCUT2D eigenvalue weighted by molar-refractivity contribution is -0.117. The summed E-state index contributed by atoms with van der Waals surface area (Å²) in [6.45, 7) is 4.02. The van der Waals surface area contributed by atoms with Gasteiger partial charge in [-0.15, -0.1) is 0 Å². The molecule has 1 aliphatic heterocycles. The number of hydrogen-bond donors (Lipinski definition) is 1. The second-order valence-electron chi connectivity index (χ2n) is 6.48. The van der Waals surface area contributed by atoms with Gasteiger partial charge in [-0.25, -0.2) is 8.78 Å². The largest absolute Gasteiger partial charge is 0.325 e. The zero-order chi connectivity index (χ0) is 19.4. The van der Waals surface area contributed by atoms with Crippen LogP contribution in [0.25, 0.3) is 0 Å². The summed E-state index contributed by atoms with van der Waals surface area (Å²) in [4.78, 5) is 16.4. The number of nitrogens with zero attached hydrogens (tertiary/aromatic N) is 2. The van der Waals surface area contributed by atoms with Crippen LogP contribution in [0.15, 0.2) is 36.4 Å². The van der Waals surface area contributed by atoms with Crippen molar-refractivity contribution in [2.24, 2.45) is 0 Å². The fraction of sp³-hybridized carbons (Fsp3) is 0.316. The summed E-state index contributed by atoms with van der Waals surface area (Å²) in [6.07, 6.45) is 0. The van der Waals surface area contributed by atoms with Gasteiger partial charge in [-0.2, -0.15) is 0 Å². The third kappa shape index (κ3) is 5.62. The predicted molar refractivity (Wildman–Crippen MR) is 103 cm³/mol. The highest BCUT2D eigenvalue weighted by Gasteiger charge is 2.19. The summed E-state index contributed by atoms with van der Waals surface area (Å²) in [5.74, 6) is -1.11. The maximum atomic E-state index is 13.2. The van der Waals surface area contributed by atoms with E-state index in [4.69, 9.17) is 23.2 Å². The Morgan fingerprint density at radius 1 is 0.926 bits per heavy atom. The molecule has 1 heterocycles. The molecule has 0 spiro atoms. The number of rotatable bonds is 5. The van der Waals surface area contributed by atoms with Gasteiger partial charge < -0.3 is 5.32 Å². The van der Waals surface area contributed by atoms with Crippen LogP contribution in [0.1, 0.15) is 5.56 Å². The SMILES string of the molecule is O=C(CN1CCN(Cc2ccc(F)c(Cl)c2)CC1)Nc1ccc(F)c(Cl)c1. The monoisotopic (exact) mass is 413 g/mol. The van der Waals surface area contributed by atoms with Crippen molar-refractivity contribution in [3.05, 3.63) is 63.6 Å². The van der Waals surface area contributed by atoms with Crippen molar-refractivity contribution in [2.75, 3.05) is 38.0 Å². The van der Waals surface area contributed by atoms with Gasteiger partial charge in [0.05, 0.1) is 16.6 Å². The van der Waals surface area contributed by atoms with E-state index in [1.165, 1.54) is 24.3 Å². The second kappa shape index (κ2) is 8.97. The molecule has 0 atom stereocenters. The Labute approximate surface area is 166 Å². The summed E-state index contributed by atoms with van der Waals surface area (Å²) >= 11 is 11.5. The van der Waals surface area contributed by atoms with Crippen molar-refractivity contribution < 1.29 is 13.6 Å². The van der Waals surface area contributed by atoms with E-state index in [1.54, 1.807) is 12.1 Å². The van der Waals surface area contributed by atoms with Crippen LogP contribution in [0.3, 0.4) is 0 Å². The Bertz CT molecular complexity index is 827. The molecule has 0 bridgehead atoms. The van der Waals surface area contributed by atoms with E-state index in [0.717, 1.165) is 31.7 Å². The molecule has 0 unspecified atom stereocenters. The lowest BCUT2D eigenvalue weighted by Gasteiger charge is -2.34. The van der Waals surface area contributed by atoms with Gasteiger partial charge in [0.15, 0.2) is 0 Å². The van der Waals surface area contributed by atoms with Crippen molar-refractivity contribution in [2.45, 2.75) is 6.54 Å². The van der Waals surface area contributed by atoms with Crippen molar-refractivity contribution in [1.29, 1.82) is 0 Å². The molecule has 144 valence electrons. The molecule has 4 nitrogen and oxygen atoms in total. The molecule has 0 aromatic heterocycles. The highest BCUT2D eigenvalue weighted by molar-refractivity contribution is 6.31. The molecular formula is C19H19Cl2F2N3O. The summed E-state index contributed by atoms with van der Waals surface area (Å²) in [6, 6.07) is 8.84. The number of nitrogens with one attached hydrogen (secondary N) is 1. The van der Waals surface area contributed by atoms with E-state index in [-0.39, 0.29) is 22.5 Å². The van der Waals surface area contributed by atoms with Crippen molar-refractivity contribution in [1.82, 2.24) is 9.80 Å². The molecule has 0 radical (unpaired) electrons. The maximum Gasteiger partial charge on any atom is 0.238 e. The molecule has 1 N–H and O–H groups in total. The van der Waals surface area contributed by atoms with Crippen molar-refractivity contribution in [3.8, 4) is 0 Å². The molecule has 2 aromatic rings. The van der Waals surface area contributed by atoms with E-state index >= 15 is 0 Å². The second-order valence-corrected chi connectivity index (χ2v) is 7.29. The number of benzene rings is 2. The van der Waals surface area contributed by atoms with Crippen molar-refractivity contribution >= 4 is 34.8 Å². The fourth-order valence-electron chi connectivity index (χ4n) is 2.98. The van der Waals surface area contributed by atoms with Gasteiger partial charge in [0.25, 0.3) is 0 Å². The normalized spacial score (nSPS) is 15.7. The number of halogens is 4. The lowest BCUT2D eigenvalue weighted by Crippen LogP contribution is -2.48. The minimum Gasteiger partial charge on any atom is -0.325 e. The quantitative estimate of drug-likeness (QED) is 0.803. The van der Waals surface area contributed by atoms with E-state index in [1.807, 2.05) is 0 Å². The van der Waals surface area contributed by atoms with E-state index < -0.39 is 11.6 Å². The van der Waals surface area contributed by atoms with Crippen LogP contribution in [0.2, 0.25) is 10.0 Å².